The summed E-state index contributed by atoms with van der Waals surface area (Å²) < 4.78 is 13.8. The van der Waals surface area contributed by atoms with Crippen molar-refractivity contribution in [3.05, 3.63) is 35.6 Å². The van der Waals surface area contributed by atoms with Crippen molar-refractivity contribution >= 4 is 30.1 Å². The third kappa shape index (κ3) is 4.89. The Labute approximate surface area is 111 Å². The standard InChI is InChI=1S/C11H14ClFN2O.ClH/c1-11(2,3)15(12)14-10(16)8-4-6-9(13)7-5-8;/h4-7H,1-3H3,(H,14,16);1H. The van der Waals surface area contributed by atoms with Crippen LogP contribution in [0.15, 0.2) is 24.3 Å². The molecular formula is C11H15Cl2FN2O. The van der Waals surface area contributed by atoms with Gasteiger partial charge in [-0.25, -0.2) is 4.39 Å². The predicted molar refractivity (Wildman–Crippen MR) is 68.6 cm³/mol. The van der Waals surface area contributed by atoms with Crippen LogP contribution < -0.4 is 5.43 Å². The van der Waals surface area contributed by atoms with Gasteiger partial charge in [0.25, 0.3) is 5.91 Å². The Bertz CT molecular complexity index is 376. The second kappa shape index (κ2) is 6.19. The fraction of sp³-hybridized carbons (Fsp3) is 0.364. The Morgan fingerprint density at radius 1 is 1.29 bits per heavy atom. The van der Waals surface area contributed by atoms with Crippen molar-refractivity contribution in [2.45, 2.75) is 26.3 Å². The number of carbonyl (C=O) groups is 1. The minimum atomic E-state index is -0.392. The highest BCUT2D eigenvalue weighted by Crippen LogP contribution is 2.13. The Hall–Kier alpha value is -0.840. The van der Waals surface area contributed by atoms with Crippen LogP contribution in [-0.2, 0) is 0 Å². The van der Waals surface area contributed by atoms with Crippen molar-refractivity contribution in [1.82, 2.24) is 9.95 Å². The molecule has 0 saturated heterocycles. The summed E-state index contributed by atoms with van der Waals surface area (Å²) in [6.45, 7) is 5.56. The zero-order chi connectivity index (χ0) is 12.3. The van der Waals surface area contributed by atoms with Crippen molar-refractivity contribution in [1.29, 1.82) is 0 Å². The highest BCUT2D eigenvalue weighted by Gasteiger charge is 2.21. The number of hydrazine groups is 1. The second-order valence-corrected chi connectivity index (χ2v) is 4.74. The van der Waals surface area contributed by atoms with Gasteiger partial charge in [0.05, 0.1) is 0 Å². The first-order valence-electron chi connectivity index (χ1n) is 4.83. The third-order valence-electron chi connectivity index (χ3n) is 1.90. The van der Waals surface area contributed by atoms with Crippen LogP contribution >= 0.6 is 24.2 Å². The summed E-state index contributed by atoms with van der Waals surface area (Å²) in [5.41, 5.74) is 2.46. The first-order valence-corrected chi connectivity index (χ1v) is 5.17. The summed E-state index contributed by atoms with van der Waals surface area (Å²) >= 11 is 5.86. The Morgan fingerprint density at radius 3 is 2.18 bits per heavy atom. The van der Waals surface area contributed by atoms with Crippen molar-refractivity contribution in [3.8, 4) is 0 Å². The molecule has 0 atom stereocenters. The molecule has 0 fully saturated rings. The van der Waals surface area contributed by atoms with Crippen molar-refractivity contribution in [3.63, 3.8) is 0 Å². The van der Waals surface area contributed by atoms with Gasteiger partial charge < -0.3 is 0 Å². The average Bonchev–Trinajstić information content (AvgIpc) is 2.17. The topological polar surface area (TPSA) is 32.3 Å². The molecule has 0 aliphatic heterocycles. The number of nitrogens with one attached hydrogen (secondary N) is 1. The van der Waals surface area contributed by atoms with Gasteiger partial charge in [-0.15, -0.1) is 16.9 Å². The molecule has 0 bridgehead atoms. The van der Waals surface area contributed by atoms with Crippen LogP contribution in [-0.4, -0.2) is 16.0 Å². The molecule has 96 valence electrons. The maximum Gasteiger partial charge on any atom is 0.266 e. The monoisotopic (exact) mass is 280 g/mol. The third-order valence-corrected chi connectivity index (χ3v) is 2.49. The van der Waals surface area contributed by atoms with E-state index in [9.17, 15) is 9.18 Å². The lowest BCUT2D eigenvalue weighted by atomic mass is 10.1. The van der Waals surface area contributed by atoms with Crippen molar-refractivity contribution in [2.24, 2.45) is 0 Å². The van der Waals surface area contributed by atoms with Gasteiger partial charge in [0.2, 0.25) is 0 Å². The fourth-order valence-corrected chi connectivity index (χ4v) is 0.999. The van der Waals surface area contributed by atoms with Gasteiger partial charge in [-0.1, -0.05) is 0 Å². The lowest BCUT2D eigenvalue weighted by Crippen LogP contribution is -2.46. The van der Waals surface area contributed by atoms with E-state index >= 15 is 0 Å². The van der Waals surface area contributed by atoms with E-state index < -0.39 is 5.54 Å². The molecule has 0 aromatic heterocycles. The molecule has 3 nitrogen and oxygen atoms in total. The van der Waals surface area contributed by atoms with E-state index in [1.54, 1.807) is 0 Å². The van der Waals surface area contributed by atoms with Crippen molar-refractivity contribution in [2.75, 3.05) is 0 Å². The molecular weight excluding hydrogens is 266 g/mol. The van der Waals surface area contributed by atoms with Gasteiger partial charge >= 0.3 is 0 Å². The molecule has 1 N–H and O–H groups in total. The molecule has 0 radical (unpaired) electrons. The molecule has 0 unspecified atom stereocenters. The maximum absolute atomic E-state index is 12.6. The van der Waals surface area contributed by atoms with Gasteiger partial charge in [-0.3, -0.25) is 10.2 Å². The van der Waals surface area contributed by atoms with Gasteiger partial charge in [0.1, 0.15) is 5.82 Å². The molecule has 0 saturated carbocycles. The predicted octanol–water partition coefficient (Wildman–Crippen LogP) is 3.15. The lowest BCUT2D eigenvalue weighted by molar-refractivity contribution is 0.0806. The van der Waals surface area contributed by atoms with E-state index in [0.717, 1.165) is 0 Å². The SMILES string of the molecule is CC(C)(C)N(Cl)NC(=O)c1ccc(F)cc1.Cl. The molecule has 0 heterocycles. The van der Waals surface area contributed by atoms with Crippen molar-refractivity contribution < 1.29 is 9.18 Å². The Balaban J connectivity index is 0.00000256. The van der Waals surface area contributed by atoms with Crippen LogP contribution in [0.3, 0.4) is 0 Å². The molecule has 0 spiro atoms. The second-order valence-electron chi connectivity index (χ2n) is 4.40. The van der Waals surface area contributed by atoms with Gasteiger partial charge in [-0.2, -0.15) is 0 Å². The van der Waals surface area contributed by atoms with E-state index in [2.05, 4.69) is 5.43 Å². The fourth-order valence-electron chi connectivity index (χ4n) is 0.923. The zero-order valence-corrected chi connectivity index (χ0v) is 11.4. The summed E-state index contributed by atoms with van der Waals surface area (Å²) in [5.74, 6) is -0.750. The normalized spacial score (nSPS) is 10.9. The molecule has 1 aromatic carbocycles. The number of amides is 1. The summed E-state index contributed by atoms with van der Waals surface area (Å²) in [5, 5.41) is 0. The number of nitrogens with zero attached hydrogens (tertiary/aromatic N) is 1. The first-order chi connectivity index (χ1) is 7.30. The first kappa shape index (κ1) is 16.2. The molecule has 6 heteroatoms. The molecule has 0 aliphatic rings. The summed E-state index contributed by atoms with van der Waals surface area (Å²) in [6.07, 6.45) is 0. The lowest BCUT2D eigenvalue weighted by Gasteiger charge is -2.28. The van der Waals surface area contributed by atoms with E-state index in [-0.39, 0.29) is 24.1 Å². The maximum atomic E-state index is 12.6. The average molecular weight is 281 g/mol. The molecule has 17 heavy (non-hydrogen) atoms. The number of benzene rings is 1. The number of rotatable bonds is 2. The Morgan fingerprint density at radius 2 is 1.76 bits per heavy atom. The zero-order valence-electron chi connectivity index (χ0n) is 9.83. The number of hydrogen-bond acceptors (Lipinski definition) is 2. The minimum absolute atomic E-state index is 0. The minimum Gasteiger partial charge on any atom is -0.270 e. The van der Waals surface area contributed by atoms with E-state index in [1.807, 2.05) is 20.8 Å². The van der Waals surface area contributed by atoms with Crippen LogP contribution in [0.1, 0.15) is 31.1 Å². The van der Waals surface area contributed by atoms with Gasteiger partial charge in [0, 0.05) is 22.9 Å². The van der Waals surface area contributed by atoms with E-state index in [4.69, 9.17) is 11.8 Å². The quantitative estimate of drug-likeness (QED) is 0.667. The molecule has 1 aromatic rings. The van der Waals surface area contributed by atoms with Gasteiger partial charge in [-0.05, 0) is 45.0 Å². The van der Waals surface area contributed by atoms with E-state index in [0.29, 0.717) is 5.56 Å². The highest BCUT2D eigenvalue weighted by molar-refractivity contribution is 6.14. The number of carbonyl (C=O) groups excluding carboxylic acids is 1. The number of halogens is 3. The Kier molecular flexibility index (Phi) is 5.88. The molecule has 1 amide bonds. The summed E-state index contributed by atoms with van der Waals surface area (Å²) in [6, 6.07) is 5.26. The molecule has 1 rings (SSSR count). The van der Waals surface area contributed by atoms with Crippen LogP contribution in [0, 0.1) is 5.82 Å². The van der Waals surface area contributed by atoms with Crippen LogP contribution in [0.2, 0.25) is 0 Å². The number of hydrogen-bond donors (Lipinski definition) is 1. The van der Waals surface area contributed by atoms with Crippen LogP contribution in [0.5, 0.6) is 0 Å². The smallest absolute Gasteiger partial charge is 0.266 e. The summed E-state index contributed by atoms with van der Waals surface area (Å²) in [7, 11) is 0. The van der Waals surface area contributed by atoms with Crippen LogP contribution in [0.25, 0.3) is 0 Å². The summed E-state index contributed by atoms with van der Waals surface area (Å²) in [4.78, 5) is 11.7. The van der Waals surface area contributed by atoms with Crippen LogP contribution in [0.4, 0.5) is 4.39 Å². The largest absolute Gasteiger partial charge is 0.270 e. The van der Waals surface area contributed by atoms with Gasteiger partial charge in [0.15, 0.2) is 0 Å². The highest BCUT2D eigenvalue weighted by atomic mass is 35.5. The van der Waals surface area contributed by atoms with E-state index in [1.165, 1.54) is 28.8 Å². The molecule has 0 aliphatic carbocycles.